The molecule has 0 bridgehead atoms. The van der Waals surface area contributed by atoms with Gasteiger partial charge in [0.2, 0.25) is 0 Å². The van der Waals surface area contributed by atoms with Gasteiger partial charge in [-0.05, 0) is 42.2 Å². The molecule has 0 radical (unpaired) electrons. The molecule has 6 nitrogen and oxygen atoms in total. The standard InChI is InChI=1S/C16H19F3N4O2/c1-10-4-2-3-5-12(10)20-15(24)9-25-23-14-8-11(16(17,18)19)6-7-13(14)21-22-23/h6-8,10,12H,2-5,9H2,1H3,(H,20,24)/t10-,12-/m1/s1. The van der Waals surface area contributed by atoms with Crippen LogP contribution in [0.1, 0.15) is 38.2 Å². The molecule has 1 aromatic heterocycles. The van der Waals surface area contributed by atoms with Crippen LogP contribution >= 0.6 is 0 Å². The molecule has 0 unspecified atom stereocenters. The fourth-order valence-electron chi connectivity index (χ4n) is 3.07. The highest BCUT2D eigenvalue weighted by Crippen LogP contribution is 2.30. The zero-order chi connectivity index (χ0) is 18.0. The Bertz CT molecular complexity index is 759. The molecule has 2 aromatic rings. The van der Waals surface area contributed by atoms with Gasteiger partial charge in [-0.1, -0.05) is 24.6 Å². The molecule has 9 heteroatoms. The number of nitrogens with one attached hydrogen (secondary N) is 1. The maximum absolute atomic E-state index is 12.8. The smallest absolute Gasteiger partial charge is 0.385 e. The summed E-state index contributed by atoms with van der Waals surface area (Å²) in [6.07, 6.45) is -0.244. The highest BCUT2D eigenvalue weighted by atomic mass is 19.4. The lowest BCUT2D eigenvalue weighted by molar-refractivity contribution is -0.137. The molecule has 2 atom stereocenters. The molecule has 1 N–H and O–H groups in total. The Labute approximate surface area is 142 Å². The Morgan fingerprint density at radius 1 is 1.36 bits per heavy atom. The molecule has 25 heavy (non-hydrogen) atoms. The Hall–Kier alpha value is -2.32. The monoisotopic (exact) mass is 356 g/mol. The summed E-state index contributed by atoms with van der Waals surface area (Å²) < 4.78 is 38.4. The number of carbonyl (C=O) groups excluding carboxylic acids is 1. The molecule has 1 heterocycles. The molecule has 1 amide bonds. The fraction of sp³-hybridized carbons (Fsp3) is 0.562. The van der Waals surface area contributed by atoms with Crippen molar-refractivity contribution in [2.24, 2.45) is 5.92 Å². The van der Waals surface area contributed by atoms with Gasteiger partial charge < -0.3 is 10.2 Å². The number of fused-ring (bicyclic) bond motifs is 1. The first-order valence-electron chi connectivity index (χ1n) is 8.20. The number of amides is 1. The van der Waals surface area contributed by atoms with Crippen molar-refractivity contribution < 1.29 is 22.8 Å². The Morgan fingerprint density at radius 3 is 2.84 bits per heavy atom. The molecule has 0 saturated heterocycles. The van der Waals surface area contributed by atoms with E-state index >= 15 is 0 Å². The van der Waals surface area contributed by atoms with Crippen molar-refractivity contribution in [3.63, 3.8) is 0 Å². The van der Waals surface area contributed by atoms with Gasteiger partial charge in [-0.3, -0.25) is 4.79 Å². The molecule has 0 spiro atoms. The number of hydrogen-bond donors (Lipinski definition) is 1. The van der Waals surface area contributed by atoms with Crippen molar-refractivity contribution in [2.75, 3.05) is 6.61 Å². The van der Waals surface area contributed by atoms with Crippen LogP contribution in [0, 0.1) is 5.92 Å². The molecular formula is C16H19F3N4O2. The van der Waals surface area contributed by atoms with E-state index in [4.69, 9.17) is 4.84 Å². The average Bonchev–Trinajstić information content (AvgIpc) is 2.96. The SMILES string of the molecule is C[C@@H]1CCCC[C@H]1NC(=O)COn1nnc2ccc(C(F)(F)F)cc21. The van der Waals surface area contributed by atoms with E-state index in [1.165, 1.54) is 6.07 Å². The van der Waals surface area contributed by atoms with Gasteiger partial charge in [0.15, 0.2) is 6.61 Å². The minimum absolute atomic E-state index is 0.0636. The maximum Gasteiger partial charge on any atom is 0.416 e. The van der Waals surface area contributed by atoms with Crippen LogP contribution in [0.4, 0.5) is 13.2 Å². The normalized spacial score (nSPS) is 21.3. The van der Waals surface area contributed by atoms with E-state index in [2.05, 4.69) is 22.6 Å². The zero-order valence-electron chi connectivity index (χ0n) is 13.7. The quantitative estimate of drug-likeness (QED) is 0.914. The van der Waals surface area contributed by atoms with Gasteiger partial charge in [-0.25, -0.2) is 0 Å². The highest BCUT2D eigenvalue weighted by molar-refractivity contribution is 5.78. The predicted molar refractivity (Wildman–Crippen MR) is 83.5 cm³/mol. The van der Waals surface area contributed by atoms with Crippen LogP contribution in [0.25, 0.3) is 11.0 Å². The van der Waals surface area contributed by atoms with E-state index in [0.717, 1.165) is 42.7 Å². The highest BCUT2D eigenvalue weighted by Gasteiger charge is 2.31. The second kappa shape index (κ2) is 6.89. The number of rotatable bonds is 4. The molecule has 136 valence electrons. The third-order valence-corrected chi connectivity index (χ3v) is 4.52. The summed E-state index contributed by atoms with van der Waals surface area (Å²) in [6.45, 7) is 1.76. The van der Waals surface area contributed by atoms with E-state index < -0.39 is 11.7 Å². The maximum atomic E-state index is 12.8. The van der Waals surface area contributed by atoms with Crippen molar-refractivity contribution in [1.29, 1.82) is 0 Å². The van der Waals surface area contributed by atoms with Gasteiger partial charge in [0.25, 0.3) is 5.91 Å². The summed E-state index contributed by atoms with van der Waals surface area (Å²) in [7, 11) is 0. The van der Waals surface area contributed by atoms with Gasteiger partial charge in [-0.15, -0.1) is 5.10 Å². The predicted octanol–water partition coefficient (Wildman–Crippen LogP) is 2.57. The van der Waals surface area contributed by atoms with E-state index in [-0.39, 0.29) is 29.6 Å². The van der Waals surface area contributed by atoms with Crippen molar-refractivity contribution >= 4 is 16.9 Å². The summed E-state index contributed by atoms with van der Waals surface area (Å²) in [6, 6.07) is 3.15. The Kier molecular flexibility index (Phi) is 4.82. The molecule has 1 saturated carbocycles. The fourth-order valence-corrected chi connectivity index (χ4v) is 3.07. The lowest BCUT2D eigenvalue weighted by atomic mass is 9.86. The minimum atomic E-state index is -4.47. The van der Waals surface area contributed by atoms with Crippen LogP contribution in [0.3, 0.4) is 0 Å². The second-order valence-electron chi connectivity index (χ2n) is 6.37. The van der Waals surface area contributed by atoms with Crippen LogP contribution in [0.2, 0.25) is 0 Å². The second-order valence-corrected chi connectivity index (χ2v) is 6.37. The molecule has 1 aromatic carbocycles. The minimum Gasteiger partial charge on any atom is -0.385 e. The first-order valence-corrected chi connectivity index (χ1v) is 8.20. The van der Waals surface area contributed by atoms with Crippen molar-refractivity contribution in [3.8, 4) is 0 Å². The molecule has 3 rings (SSSR count). The average molecular weight is 356 g/mol. The zero-order valence-corrected chi connectivity index (χ0v) is 13.7. The Morgan fingerprint density at radius 2 is 2.12 bits per heavy atom. The third kappa shape index (κ3) is 4.02. The summed E-state index contributed by atoms with van der Waals surface area (Å²) >= 11 is 0. The molecule has 1 fully saturated rings. The van der Waals surface area contributed by atoms with Crippen LogP contribution in [0.5, 0.6) is 0 Å². The van der Waals surface area contributed by atoms with E-state index in [0.29, 0.717) is 5.92 Å². The van der Waals surface area contributed by atoms with Gasteiger partial charge >= 0.3 is 6.18 Å². The molecule has 1 aliphatic carbocycles. The topological polar surface area (TPSA) is 69.0 Å². The third-order valence-electron chi connectivity index (χ3n) is 4.52. The molecule has 1 aliphatic rings. The van der Waals surface area contributed by atoms with Gasteiger partial charge in [0, 0.05) is 6.04 Å². The first kappa shape index (κ1) is 17.5. The number of alkyl halides is 3. The number of aromatic nitrogens is 3. The summed E-state index contributed by atoms with van der Waals surface area (Å²) in [5.74, 6) is 0.0774. The van der Waals surface area contributed by atoms with Gasteiger partial charge in [0.1, 0.15) is 11.0 Å². The number of benzene rings is 1. The van der Waals surface area contributed by atoms with E-state index in [1.54, 1.807) is 0 Å². The number of hydrogen-bond acceptors (Lipinski definition) is 4. The molecule has 0 aliphatic heterocycles. The van der Waals surface area contributed by atoms with Crippen molar-refractivity contribution in [3.05, 3.63) is 23.8 Å². The van der Waals surface area contributed by atoms with Crippen LogP contribution in [-0.4, -0.2) is 33.7 Å². The lowest BCUT2D eigenvalue weighted by Gasteiger charge is -2.29. The lowest BCUT2D eigenvalue weighted by Crippen LogP contribution is -2.43. The summed E-state index contributed by atoms with van der Waals surface area (Å²) in [5, 5.41) is 10.3. The van der Waals surface area contributed by atoms with Crippen molar-refractivity contribution in [2.45, 2.75) is 44.8 Å². The van der Waals surface area contributed by atoms with Crippen LogP contribution in [0.15, 0.2) is 18.2 Å². The number of nitrogens with zero attached hydrogens (tertiary/aromatic N) is 3. The Balaban J connectivity index is 1.65. The van der Waals surface area contributed by atoms with Crippen LogP contribution < -0.4 is 10.2 Å². The van der Waals surface area contributed by atoms with Crippen molar-refractivity contribution in [1.82, 2.24) is 20.5 Å². The van der Waals surface area contributed by atoms with E-state index in [9.17, 15) is 18.0 Å². The first-order chi connectivity index (χ1) is 11.8. The van der Waals surface area contributed by atoms with Gasteiger partial charge in [-0.2, -0.15) is 13.2 Å². The summed E-state index contributed by atoms with van der Waals surface area (Å²) in [5.41, 5.74) is -0.504. The summed E-state index contributed by atoms with van der Waals surface area (Å²) in [4.78, 5) is 18.1. The number of halogens is 3. The number of carbonyl (C=O) groups is 1. The largest absolute Gasteiger partial charge is 0.416 e. The molecular weight excluding hydrogens is 337 g/mol. The van der Waals surface area contributed by atoms with Gasteiger partial charge in [0.05, 0.1) is 5.56 Å². The van der Waals surface area contributed by atoms with E-state index in [1.807, 2.05) is 0 Å². The van der Waals surface area contributed by atoms with Crippen LogP contribution in [-0.2, 0) is 11.0 Å².